The molecule has 0 saturated carbocycles. The Labute approximate surface area is 139 Å². The Balaban J connectivity index is 2.12. The first-order valence-electron chi connectivity index (χ1n) is 6.43. The van der Waals surface area contributed by atoms with E-state index in [2.05, 4.69) is 31.9 Å². The number of halogens is 2. The van der Waals surface area contributed by atoms with Gasteiger partial charge in [-0.15, -0.1) is 0 Å². The fraction of sp³-hybridized carbons (Fsp3) is 0.188. The van der Waals surface area contributed by atoms with Crippen molar-refractivity contribution in [2.75, 3.05) is 13.7 Å². The first-order valence-corrected chi connectivity index (χ1v) is 8.02. The number of rotatable bonds is 3. The van der Waals surface area contributed by atoms with Gasteiger partial charge in [-0.25, -0.2) is 0 Å². The van der Waals surface area contributed by atoms with Crippen LogP contribution in [0.3, 0.4) is 0 Å². The van der Waals surface area contributed by atoms with E-state index in [1.54, 1.807) is 25.3 Å². The largest absolute Gasteiger partial charge is 0.496 e. The van der Waals surface area contributed by atoms with Gasteiger partial charge in [0.25, 0.3) is 0 Å². The number of methoxy groups -OCH3 is 1. The number of hydrogen-bond acceptors (Lipinski definition) is 3. The van der Waals surface area contributed by atoms with Crippen molar-refractivity contribution in [1.82, 2.24) is 0 Å². The highest BCUT2D eigenvalue weighted by molar-refractivity contribution is 9.10. The Morgan fingerprint density at radius 3 is 2.71 bits per heavy atom. The summed E-state index contributed by atoms with van der Waals surface area (Å²) in [6.07, 6.45) is 0.826. The SMILES string of the molecule is COc1cc(Br)ccc1C(=O)c1cc(Br)cc2c1OCC2. The zero-order valence-corrected chi connectivity index (χ0v) is 14.5. The van der Waals surface area contributed by atoms with Crippen LogP contribution in [-0.2, 0) is 6.42 Å². The minimum atomic E-state index is -0.0983. The summed E-state index contributed by atoms with van der Waals surface area (Å²) < 4.78 is 12.7. The number of hydrogen-bond donors (Lipinski definition) is 0. The highest BCUT2D eigenvalue weighted by Crippen LogP contribution is 2.36. The van der Waals surface area contributed by atoms with Gasteiger partial charge in [-0.1, -0.05) is 31.9 Å². The molecular formula is C16H12Br2O3. The molecule has 0 aromatic heterocycles. The topological polar surface area (TPSA) is 35.5 Å². The van der Waals surface area contributed by atoms with E-state index >= 15 is 0 Å². The second-order valence-corrected chi connectivity index (χ2v) is 6.55. The number of carbonyl (C=O) groups is 1. The lowest BCUT2D eigenvalue weighted by molar-refractivity contribution is 0.103. The van der Waals surface area contributed by atoms with Crippen molar-refractivity contribution in [2.45, 2.75) is 6.42 Å². The Morgan fingerprint density at radius 1 is 1.14 bits per heavy atom. The van der Waals surface area contributed by atoms with Gasteiger partial charge in [0.2, 0.25) is 5.78 Å². The summed E-state index contributed by atoms with van der Waals surface area (Å²) in [6.45, 7) is 0.615. The maximum Gasteiger partial charge on any atom is 0.200 e. The molecule has 0 atom stereocenters. The molecule has 0 amide bonds. The molecular weight excluding hydrogens is 400 g/mol. The molecule has 3 nitrogen and oxygen atoms in total. The summed E-state index contributed by atoms with van der Waals surface area (Å²) in [7, 11) is 1.56. The second kappa shape index (κ2) is 5.81. The molecule has 0 fully saturated rings. The van der Waals surface area contributed by atoms with Crippen LogP contribution < -0.4 is 9.47 Å². The molecule has 1 heterocycles. The summed E-state index contributed by atoms with van der Waals surface area (Å²) in [4.78, 5) is 12.9. The molecule has 1 aliphatic heterocycles. The molecule has 0 unspecified atom stereocenters. The summed E-state index contributed by atoms with van der Waals surface area (Å²) in [5.74, 6) is 1.13. The fourth-order valence-electron chi connectivity index (χ4n) is 2.44. The summed E-state index contributed by atoms with van der Waals surface area (Å²) in [5.41, 5.74) is 2.15. The maximum atomic E-state index is 12.9. The van der Waals surface area contributed by atoms with Crippen molar-refractivity contribution in [2.24, 2.45) is 0 Å². The molecule has 5 heteroatoms. The van der Waals surface area contributed by atoms with E-state index in [4.69, 9.17) is 9.47 Å². The van der Waals surface area contributed by atoms with Crippen LogP contribution in [0.5, 0.6) is 11.5 Å². The molecule has 2 aromatic rings. The van der Waals surface area contributed by atoms with Gasteiger partial charge in [-0.05, 0) is 35.9 Å². The van der Waals surface area contributed by atoms with E-state index in [9.17, 15) is 4.79 Å². The Bertz CT molecular complexity index is 726. The van der Waals surface area contributed by atoms with Crippen molar-refractivity contribution in [3.63, 3.8) is 0 Å². The van der Waals surface area contributed by atoms with Crippen LogP contribution in [-0.4, -0.2) is 19.5 Å². The van der Waals surface area contributed by atoms with E-state index in [0.29, 0.717) is 29.2 Å². The number of ether oxygens (including phenoxy) is 2. The van der Waals surface area contributed by atoms with E-state index in [-0.39, 0.29) is 5.78 Å². The average Bonchev–Trinajstić information content (AvgIpc) is 2.93. The fourth-order valence-corrected chi connectivity index (χ4v) is 3.28. The van der Waals surface area contributed by atoms with Gasteiger partial charge < -0.3 is 9.47 Å². The molecule has 0 saturated heterocycles. The molecule has 3 rings (SSSR count). The highest BCUT2D eigenvalue weighted by atomic mass is 79.9. The highest BCUT2D eigenvalue weighted by Gasteiger charge is 2.24. The molecule has 1 aliphatic rings. The second-order valence-electron chi connectivity index (χ2n) is 4.71. The average molecular weight is 412 g/mol. The molecule has 2 aromatic carbocycles. The Hall–Kier alpha value is -1.33. The zero-order chi connectivity index (χ0) is 15.0. The number of ketones is 1. The smallest absolute Gasteiger partial charge is 0.200 e. The van der Waals surface area contributed by atoms with Crippen LogP contribution >= 0.6 is 31.9 Å². The van der Waals surface area contributed by atoms with Crippen molar-refractivity contribution in [3.8, 4) is 11.5 Å². The molecule has 0 N–H and O–H groups in total. The standard InChI is InChI=1S/C16H12Br2O3/c1-20-14-8-10(17)2-3-12(14)15(19)13-7-11(18)6-9-4-5-21-16(9)13/h2-3,6-8H,4-5H2,1H3. The first kappa shape index (κ1) is 14.6. The van der Waals surface area contributed by atoms with Crippen LogP contribution in [0.25, 0.3) is 0 Å². The minimum Gasteiger partial charge on any atom is -0.496 e. The predicted molar refractivity (Wildman–Crippen MR) is 87.5 cm³/mol. The molecule has 21 heavy (non-hydrogen) atoms. The van der Waals surface area contributed by atoms with Gasteiger partial charge in [0.1, 0.15) is 11.5 Å². The first-order chi connectivity index (χ1) is 10.1. The molecule has 108 valence electrons. The maximum absolute atomic E-state index is 12.9. The van der Waals surface area contributed by atoms with Crippen LogP contribution in [0.2, 0.25) is 0 Å². The summed E-state index contributed by atoms with van der Waals surface area (Å²) in [6, 6.07) is 9.17. The number of benzene rings is 2. The Morgan fingerprint density at radius 2 is 1.95 bits per heavy atom. The van der Waals surface area contributed by atoms with E-state index < -0.39 is 0 Å². The van der Waals surface area contributed by atoms with Crippen LogP contribution in [0.4, 0.5) is 0 Å². The lowest BCUT2D eigenvalue weighted by atomic mass is 9.99. The van der Waals surface area contributed by atoms with Crippen molar-refractivity contribution in [1.29, 1.82) is 0 Å². The number of carbonyl (C=O) groups excluding carboxylic acids is 1. The van der Waals surface area contributed by atoms with Gasteiger partial charge in [-0.3, -0.25) is 4.79 Å². The predicted octanol–water partition coefficient (Wildman–Crippen LogP) is 4.39. The van der Waals surface area contributed by atoms with Crippen molar-refractivity contribution >= 4 is 37.6 Å². The normalized spacial score (nSPS) is 12.7. The van der Waals surface area contributed by atoms with Gasteiger partial charge in [0.15, 0.2) is 0 Å². The minimum absolute atomic E-state index is 0.0983. The zero-order valence-electron chi connectivity index (χ0n) is 11.3. The van der Waals surface area contributed by atoms with E-state index in [1.165, 1.54) is 0 Å². The van der Waals surface area contributed by atoms with Gasteiger partial charge in [0.05, 0.1) is 24.8 Å². The third kappa shape index (κ3) is 2.72. The number of fused-ring (bicyclic) bond motifs is 1. The molecule has 0 aliphatic carbocycles. The summed E-state index contributed by atoms with van der Waals surface area (Å²) in [5, 5.41) is 0. The third-order valence-electron chi connectivity index (χ3n) is 3.40. The molecule has 0 radical (unpaired) electrons. The monoisotopic (exact) mass is 410 g/mol. The lowest BCUT2D eigenvalue weighted by Gasteiger charge is -2.11. The summed E-state index contributed by atoms with van der Waals surface area (Å²) >= 11 is 6.84. The van der Waals surface area contributed by atoms with Gasteiger partial charge in [0, 0.05) is 15.4 Å². The van der Waals surface area contributed by atoms with Gasteiger partial charge in [-0.2, -0.15) is 0 Å². The van der Waals surface area contributed by atoms with E-state index in [1.807, 2.05) is 12.1 Å². The van der Waals surface area contributed by atoms with Crippen molar-refractivity contribution < 1.29 is 14.3 Å². The van der Waals surface area contributed by atoms with Crippen LogP contribution in [0.1, 0.15) is 21.5 Å². The third-order valence-corrected chi connectivity index (χ3v) is 4.35. The van der Waals surface area contributed by atoms with Crippen LogP contribution in [0, 0.1) is 0 Å². The van der Waals surface area contributed by atoms with Crippen molar-refractivity contribution in [3.05, 3.63) is 56.0 Å². The Kier molecular flexibility index (Phi) is 4.04. The molecule has 0 spiro atoms. The molecule has 0 bridgehead atoms. The lowest BCUT2D eigenvalue weighted by Crippen LogP contribution is -2.06. The van der Waals surface area contributed by atoms with Gasteiger partial charge >= 0.3 is 0 Å². The van der Waals surface area contributed by atoms with E-state index in [0.717, 1.165) is 20.9 Å². The van der Waals surface area contributed by atoms with Crippen LogP contribution in [0.15, 0.2) is 39.3 Å². The quantitative estimate of drug-likeness (QED) is 0.702.